The Morgan fingerprint density at radius 1 is 0.583 bits per heavy atom. The van der Waals surface area contributed by atoms with Crippen molar-refractivity contribution in [3.05, 3.63) is 12.2 Å². The van der Waals surface area contributed by atoms with Gasteiger partial charge in [0.1, 0.15) is 0 Å². The largest absolute Gasteiger partial charge is 0.435 e. The van der Waals surface area contributed by atoms with Crippen LogP contribution in [-0.4, -0.2) is 41.8 Å². The van der Waals surface area contributed by atoms with Gasteiger partial charge in [-0.3, -0.25) is 0 Å². The van der Waals surface area contributed by atoms with E-state index in [4.69, 9.17) is 0 Å². The van der Waals surface area contributed by atoms with Crippen molar-refractivity contribution < 1.29 is 66.2 Å². The van der Waals surface area contributed by atoms with Crippen molar-refractivity contribution in [2.75, 3.05) is 0 Å². The molecule has 0 aromatic carbocycles. The molecule has 1 unspecified atom stereocenters. The zero-order valence-corrected chi connectivity index (χ0v) is 10.4. The summed E-state index contributed by atoms with van der Waals surface area (Å²) in [5.74, 6) is -18.2. The van der Waals surface area contributed by atoms with E-state index in [1.807, 2.05) is 0 Å². The first-order valence-corrected chi connectivity index (χ1v) is 5.21. The molecule has 0 fully saturated rings. The average Bonchev–Trinajstić information content (AvgIpc) is 2.42. The first-order valence-electron chi connectivity index (χ1n) is 5.21. The summed E-state index contributed by atoms with van der Waals surface area (Å²) in [5, 5.41) is 0. The molecule has 0 N–H and O–H groups in total. The second-order valence-corrected chi connectivity index (χ2v) is 4.45. The lowest BCUT2D eigenvalue weighted by Gasteiger charge is -2.42. The number of allylic oxidation sites excluding steroid dienone is 1. The van der Waals surface area contributed by atoms with Crippen LogP contribution in [0.5, 0.6) is 0 Å². The Hall–Kier alpha value is -1.28. The van der Waals surface area contributed by atoms with Crippen LogP contribution in [0, 0.1) is 0 Å². The summed E-state index contributed by atoms with van der Waals surface area (Å²) in [6.45, 7) is 0. The minimum Gasteiger partial charge on any atom is -0.305 e. The number of rotatable bonds is 2. The van der Waals surface area contributed by atoms with Gasteiger partial charge in [-0.25, -0.2) is 4.39 Å². The summed E-state index contributed by atoms with van der Waals surface area (Å²) in [4.78, 5) is 0. The van der Waals surface area contributed by atoms with E-state index >= 15 is 0 Å². The fourth-order valence-corrected chi connectivity index (χ4v) is 1.63. The number of halogens is 14. The molecule has 0 spiro atoms. The zero-order chi connectivity index (χ0) is 19.6. The monoisotopic (exact) mass is 392 g/mol. The van der Waals surface area contributed by atoms with Crippen LogP contribution in [0.3, 0.4) is 0 Å². The Labute approximate surface area is 121 Å². The van der Waals surface area contributed by atoms with E-state index in [0.29, 0.717) is 0 Å². The van der Waals surface area contributed by atoms with Gasteiger partial charge in [-0.05, 0) is 12.2 Å². The van der Waals surface area contributed by atoms with E-state index in [2.05, 4.69) is 4.74 Å². The van der Waals surface area contributed by atoms with Crippen molar-refractivity contribution in [3.8, 4) is 0 Å². The first kappa shape index (κ1) is 20.8. The predicted octanol–water partition coefficient (Wildman–Crippen LogP) is 4.93. The Balaban J connectivity index is 3.65. The molecule has 1 rings (SSSR count). The van der Waals surface area contributed by atoms with E-state index in [1.54, 1.807) is 0 Å². The maximum Gasteiger partial charge on any atom is 0.435 e. The Morgan fingerprint density at radius 2 is 0.917 bits per heavy atom. The van der Waals surface area contributed by atoms with E-state index in [9.17, 15) is 61.5 Å². The van der Waals surface area contributed by atoms with Crippen LogP contribution >= 0.6 is 0 Å². The number of ether oxygens (including phenoxy) is 1. The lowest BCUT2D eigenvalue weighted by atomic mass is 10.00. The minimum atomic E-state index is -7.57. The molecule has 0 heterocycles. The van der Waals surface area contributed by atoms with Crippen molar-refractivity contribution >= 4 is 0 Å². The summed E-state index contributed by atoms with van der Waals surface area (Å²) in [7, 11) is 0. The summed E-state index contributed by atoms with van der Waals surface area (Å²) in [6.07, 6.45) is -25.2. The molecule has 0 aliphatic heterocycles. The highest BCUT2D eigenvalue weighted by atomic mass is 19.4. The molecular formula is C9H2F14O. The standard InChI is InChI=1S/C9H2F14O/c10-3(11)1-2-4(12,6(3,13)14)24-5(7(15,16)17,8(18,19)20)9(21,22)23/h1-2H. The predicted molar refractivity (Wildman–Crippen MR) is 44.9 cm³/mol. The summed E-state index contributed by atoms with van der Waals surface area (Å²) >= 11 is 0. The lowest BCUT2D eigenvalue weighted by Crippen LogP contribution is -2.71. The number of alkyl halides is 14. The summed E-state index contributed by atoms with van der Waals surface area (Å²) < 4.78 is 179. The van der Waals surface area contributed by atoms with Gasteiger partial charge in [-0.1, -0.05) is 0 Å². The molecule has 24 heavy (non-hydrogen) atoms. The molecule has 0 aromatic heterocycles. The molecule has 142 valence electrons. The summed E-state index contributed by atoms with van der Waals surface area (Å²) in [5.41, 5.74) is -7.48. The lowest BCUT2D eigenvalue weighted by molar-refractivity contribution is -0.494. The van der Waals surface area contributed by atoms with Crippen molar-refractivity contribution in [2.45, 2.75) is 41.8 Å². The minimum absolute atomic E-state index is 1.21. The molecule has 1 atom stereocenters. The molecule has 1 nitrogen and oxygen atoms in total. The third-order valence-corrected chi connectivity index (χ3v) is 2.85. The second kappa shape index (κ2) is 4.88. The van der Waals surface area contributed by atoms with Crippen LogP contribution in [0.4, 0.5) is 61.5 Å². The van der Waals surface area contributed by atoms with E-state index in [1.165, 1.54) is 0 Å². The van der Waals surface area contributed by atoms with Crippen LogP contribution in [-0.2, 0) is 4.74 Å². The molecule has 0 saturated heterocycles. The van der Waals surface area contributed by atoms with Gasteiger partial charge in [0.15, 0.2) is 0 Å². The third kappa shape index (κ3) is 2.50. The topological polar surface area (TPSA) is 9.23 Å². The highest BCUT2D eigenvalue weighted by Gasteiger charge is 2.89. The molecule has 0 bridgehead atoms. The highest BCUT2D eigenvalue weighted by molar-refractivity contribution is 5.25. The van der Waals surface area contributed by atoms with Gasteiger partial charge in [-0.15, -0.1) is 0 Å². The Bertz CT molecular complexity index is 486. The van der Waals surface area contributed by atoms with Crippen molar-refractivity contribution in [1.29, 1.82) is 0 Å². The van der Waals surface area contributed by atoms with Crippen molar-refractivity contribution in [3.63, 3.8) is 0 Å². The van der Waals surface area contributed by atoms with Crippen LogP contribution in [0.1, 0.15) is 0 Å². The van der Waals surface area contributed by atoms with Crippen LogP contribution < -0.4 is 0 Å². The highest BCUT2D eigenvalue weighted by Crippen LogP contribution is 2.61. The zero-order valence-electron chi connectivity index (χ0n) is 10.4. The fourth-order valence-electron chi connectivity index (χ4n) is 1.63. The quantitative estimate of drug-likeness (QED) is 0.478. The van der Waals surface area contributed by atoms with E-state index < -0.39 is 54.0 Å². The van der Waals surface area contributed by atoms with Crippen LogP contribution in [0.2, 0.25) is 0 Å². The average molecular weight is 392 g/mol. The normalized spacial score (nSPS) is 27.6. The summed E-state index contributed by atoms with van der Waals surface area (Å²) in [6, 6.07) is 0. The Morgan fingerprint density at radius 3 is 1.12 bits per heavy atom. The molecule has 0 saturated carbocycles. The van der Waals surface area contributed by atoms with Gasteiger partial charge >= 0.3 is 41.8 Å². The smallest absolute Gasteiger partial charge is 0.305 e. The Kier molecular flexibility index (Phi) is 4.22. The molecule has 1 aliphatic carbocycles. The fraction of sp³-hybridized carbons (Fsp3) is 0.778. The van der Waals surface area contributed by atoms with E-state index in [-0.39, 0.29) is 0 Å². The SMILES string of the molecule is FC(F)(F)C(OC1(F)C=CC(F)(F)C1(F)F)(C(F)(F)F)C(F)(F)F. The van der Waals surface area contributed by atoms with E-state index in [0.717, 1.165) is 0 Å². The van der Waals surface area contributed by atoms with Gasteiger partial charge < -0.3 is 4.74 Å². The van der Waals surface area contributed by atoms with Gasteiger partial charge in [0.2, 0.25) is 0 Å². The maximum atomic E-state index is 13.6. The molecular weight excluding hydrogens is 390 g/mol. The molecule has 0 amide bonds. The molecule has 0 radical (unpaired) electrons. The van der Waals surface area contributed by atoms with Crippen molar-refractivity contribution in [2.24, 2.45) is 0 Å². The molecule has 1 aliphatic rings. The van der Waals surface area contributed by atoms with Gasteiger partial charge in [0.25, 0.3) is 0 Å². The number of hydrogen-bond donors (Lipinski definition) is 0. The van der Waals surface area contributed by atoms with Gasteiger partial charge in [0.05, 0.1) is 0 Å². The van der Waals surface area contributed by atoms with Crippen LogP contribution in [0.15, 0.2) is 12.2 Å². The second-order valence-electron chi connectivity index (χ2n) is 4.45. The van der Waals surface area contributed by atoms with Gasteiger partial charge in [0, 0.05) is 0 Å². The van der Waals surface area contributed by atoms with Crippen LogP contribution in [0.25, 0.3) is 0 Å². The van der Waals surface area contributed by atoms with Crippen molar-refractivity contribution in [1.82, 2.24) is 0 Å². The van der Waals surface area contributed by atoms with Gasteiger partial charge in [-0.2, -0.15) is 57.1 Å². The number of hydrogen-bond acceptors (Lipinski definition) is 1. The maximum absolute atomic E-state index is 13.6. The third-order valence-electron chi connectivity index (χ3n) is 2.85. The molecule has 15 heteroatoms. The first-order chi connectivity index (χ1) is 10.2. The molecule has 0 aromatic rings.